The summed E-state index contributed by atoms with van der Waals surface area (Å²) in [6, 6.07) is 9.35. The number of nitrogens with zero attached hydrogens (tertiary/aromatic N) is 4. The molecule has 0 unspecified atom stereocenters. The zero-order chi connectivity index (χ0) is 25.1. The van der Waals surface area contributed by atoms with E-state index in [1.807, 2.05) is 6.07 Å². The van der Waals surface area contributed by atoms with Crippen LogP contribution in [-0.2, 0) is 13.1 Å². The molecular formula is C26H23ClFN5O3. The lowest BCUT2D eigenvalue weighted by Crippen LogP contribution is -2.28. The van der Waals surface area contributed by atoms with E-state index in [9.17, 15) is 14.0 Å². The lowest BCUT2D eigenvalue weighted by Gasteiger charge is -2.18. The van der Waals surface area contributed by atoms with Crippen molar-refractivity contribution in [2.24, 2.45) is 4.99 Å². The summed E-state index contributed by atoms with van der Waals surface area (Å²) in [7, 11) is 0. The summed E-state index contributed by atoms with van der Waals surface area (Å²) in [5.74, 6) is -0.172. The number of carbonyl (C=O) groups excluding carboxylic acids is 2. The van der Waals surface area contributed by atoms with Gasteiger partial charge in [-0.05, 0) is 43.3 Å². The highest BCUT2D eigenvalue weighted by molar-refractivity contribution is 6.30. The molecule has 2 aromatic heterocycles. The lowest BCUT2D eigenvalue weighted by molar-refractivity contribution is 0.0776. The Morgan fingerprint density at radius 1 is 1.11 bits per heavy atom. The van der Waals surface area contributed by atoms with Crippen molar-refractivity contribution in [3.63, 3.8) is 0 Å². The molecule has 3 aromatic rings. The van der Waals surface area contributed by atoms with Gasteiger partial charge in [0.25, 0.3) is 5.91 Å². The fourth-order valence-electron chi connectivity index (χ4n) is 4.24. The number of amides is 1. The number of hydrogen-bond acceptors (Lipinski definition) is 7. The van der Waals surface area contributed by atoms with Crippen LogP contribution in [0.1, 0.15) is 44.9 Å². The highest BCUT2D eigenvalue weighted by Crippen LogP contribution is 2.29. The Kier molecular flexibility index (Phi) is 7.02. The molecule has 36 heavy (non-hydrogen) atoms. The van der Waals surface area contributed by atoms with Crippen LogP contribution in [-0.4, -0.2) is 52.0 Å². The second-order valence-corrected chi connectivity index (χ2v) is 8.96. The number of benzene rings is 1. The normalized spacial score (nSPS) is 14.5. The van der Waals surface area contributed by atoms with Gasteiger partial charge < -0.3 is 15.0 Å². The highest BCUT2D eigenvalue weighted by atomic mass is 35.5. The second-order valence-electron chi connectivity index (χ2n) is 8.55. The average molecular weight is 508 g/mol. The first kappa shape index (κ1) is 24.0. The summed E-state index contributed by atoms with van der Waals surface area (Å²) in [4.78, 5) is 40.3. The molecule has 0 bridgehead atoms. The summed E-state index contributed by atoms with van der Waals surface area (Å²) in [5, 5.41) is 3.30. The minimum Gasteiger partial charge on any atom is -0.488 e. The second kappa shape index (κ2) is 10.5. The molecule has 0 aliphatic carbocycles. The smallest absolute Gasteiger partial charge is 0.256 e. The number of ether oxygens (including phenoxy) is 1. The summed E-state index contributed by atoms with van der Waals surface area (Å²) in [6.45, 7) is 2.33. The van der Waals surface area contributed by atoms with Crippen LogP contribution in [0.4, 0.5) is 10.1 Å². The van der Waals surface area contributed by atoms with Gasteiger partial charge in [0.15, 0.2) is 5.78 Å². The highest BCUT2D eigenvalue weighted by Gasteiger charge is 2.27. The molecule has 0 atom stereocenters. The van der Waals surface area contributed by atoms with Crippen molar-refractivity contribution < 1.29 is 18.7 Å². The van der Waals surface area contributed by atoms with Gasteiger partial charge in [-0.1, -0.05) is 11.6 Å². The largest absolute Gasteiger partial charge is 0.488 e. The van der Waals surface area contributed by atoms with Crippen molar-refractivity contribution >= 4 is 34.7 Å². The molecule has 184 valence electrons. The van der Waals surface area contributed by atoms with Crippen LogP contribution in [0.15, 0.2) is 53.8 Å². The van der Waals surface area contributed by atoms with E-state index in [2.05, 4.69) is 20.3 Å². The standard InChI is InChI=1S/C26H23ClFN5O3/c27-20-12-17(4-5-21(20)28)36-15-16-11-24(34)19-6-9-31-22(25(19)32-16)13-29-7-2-10-33-14-23-18(26(33)35)3-1-8-30-23/h1,3-6,8-9,12,29H,2,7,10-11,13-15H2. The summed E-state index contributed by atoms with van der Waals surface area (Å²) in [6.07, 6.45) is 4.21. The number of fused-ring (bicyclic) bond motifs is 2. The summed E-state index contributed by atoms with van der Waals surface area (Å²) in [5.41, 5.74) is 3.78. The molecular weight excluding hydrogens is 485 g/mol. The van der Waals surface area contributed by atoms with Crippen LogP contribution in [0.3, 0.4) is 0 Å². The Hall–Kier alpha value is -3.69. The predicted molar refractivity (Wildman–Crippen MR) is 132 cm³/mol. The minimum atomic E-state index is -0.527. The summed E-state index contributed by atoms with van der Waals surface area (Å²) < 4.78 is 19.0. The number of Topliss-reactive ketones (excluding diaryl/α,β-unsaturated/α-hetero) is 1. The monoisotopic (exact) mass is 507 g/mol. The first-order chi connectivity index (χ1) is 17.5. The van der Waals surface area contributed by atoms with Gasteiger partial charge in [0.2, 0.25) is 0 Å². The van der Waals surface area contributed by atoms with Crippen molar-refractivity contribution in [2.75, 3.05) is 19.7 Å². The fraction of sp³-hybridized carbons (Fsp3) is 0.269. The van der Waals surface area contributed by atoms with Crippen molar-refractivity contribution in [3.8, 4) is 5.75 Å². The number of rotatable bonds is 9. The molecule has 10 heteroatoms. The Balaban J connectivity index is 1.17. The molecule has 4 heterocycles. The quantitative estimate of drug-likeness (QED) is 0.437. The molecule has 8 nitrogen and oxygen atoms in total. The number of aromatic nitrogens is 2. The Labute approximate surface area is 212 Å². The van der Waals surface area contributed by atoms with Gasteiger partial charge in [0.05, 0.1) is 46.3 Å². The van der Waals surface area contributed by atoms with E-state index in [1.54, 1.807) is 29.4 Å². The maximum Gasteiger partial charge on any atom is 0.256 e. The minimum absolute atomic E-state index is 0.0161. The molecule has 1 aromatic carbocycles. The fourth-order valence-corrected chi connectivity index (χ4v) is 4.41. The van der Waals surface area contributed by atoms with E-state index < -0.39 is 5.82 Å². The number of halogens is 2. The maximum absolute atomic E-state index is 13.4. The first-order valence-electron chi connectivity index (χ1n) is 11.6. The Morgan fingerprint density at radius 3 is 2.83 bits per heavy atom. The number of pyridine rings is 2. The van der Waals surface area contributed by atoms with Gasteiger partial charge in [-0.25, -0.2) is 4.39 Å². The lowest BCUT2D eigenvalue weighted by atomic mass is 10.00. The van der Waals surface area contributed by atoms with E-state index in [1.165, 1.54) is 18.2 Å². The molecule has 0 fully saturated rings. The first-order valence-corrected chi connectivity index (χ1v) is 12.0. The number of aliphatic imine (C=N–C) groups is 1. The van der Waals surface area contributed by atoms with Gasteiger partial charge in [-0.15, -0.1) is 0 Å². The zero-order valence-electron chi connectivity index (χ0n) is 19.3. The molecule has 0 saturated heterocycles. The van der Waals surface area contributed by atoms with Gasteiger partial charge >= 0.3 is 0 Å². The van der Waals surface area contributed by atoms with Crippen LogP contribution in [0.2, 0.25) is 5.02 Å². The Bertz CT molecular complexity index is 1360. The van der Waals surface area contributed by atoms with Gasteiger partial charge in [0.1, 0.15) is 18.2 Å². The molecule has 1 amide bonds. The van der Waals surface area contributed by atoms with E-state index >= 15 is 0 Å². The summed E-state index contributed by atoms with van der Waals surface area (Å²) >= 11 is 5.81. The van der Waals surface area contributed by atoms with Crippen molar-refractivity contribution in [1.29, 1.82) is 0 Å². The topological polar surface area (TPSA) is 96.8 Å². The van der Waals surface area contributed by atoms with Crippen molar-refractivity contribution in [2.45, 2.75) is 25.9 Å². The molecule has 0 spiro atoms. The molecule has 5 rings (SSSR count). The molecule has 2 aliphatic heterocycles. The van der Waals surface area contributed by atoms with Crippen LogP contribution >= 0.6 is 11.6 Å². The molecule has 0 saturated carbocycles. The molecule has 2 aliphatic rings. The van der Waals surface area contributed by atoms with Crippen LogP contribution in [0.5, 0.6) is 5.75 Å². The van der Waals surface area contributed by atoms with Crippen LogP contribution in [0, 0.1) is 5.82 Å². The third-order valence-electron chi connectivity index (χ3n) is 6.05. The van der Waals surface area contributed by atoms with Gasteiger partial charge in [-0.2, -0.15) is 0 Å². The third kappa shape index (κ3) is 5.12. The average Bonchev–Trinajstić information content (AvgIpc) is 3.20. The third-order valence-corrected chi connectivity index (χ3v) is 6.34. The Morgan fingerprint density at radius 2 is 2.00 bits per heavy atom. The van der Waals surface area contributed by atoms with Crippen LogP contribution < -0.4 is 10.1 Å². The van der Waals surface area contributed by atoms with Gasteiger partial charge in [-0.3, -0.25) is 24.5 Å². The van der Waals surface area contributed by atoms with Gasteiger partial charge in [0, 0.05) is 37.1 Å². The number of ketones is 1. The van der Waals surface area contributed by atoms with E-state index in [4.69, 9.17) is 16.3 Å². The molecule has 1 N–H and O–H groups in total. The van der Waals surface area contributed by atoms with Crippen LogP contribution in [0.25, 0.3) is 0 Å². The SMILES string of the molecule is O=C1CC(COc2ccc(F)c(Cl)c2)=Nc2c1ccnc2CNCCCN1Cc2ncccc2C1=O. The van der Waals surface area contributed by atoms with Crippen molar-refractivity contribution in [3.05, 3.63) is 82.1 Å². The predicted octanol–water partition coefficient (Wildman–Crippen LogP) is 4.14. The molecule has 0 radical (unpaired) electrons. The number of nitrogens with one attached hydrogen (secondary N) is 1. The zero-order valence-corrected chi connectivity index (χ0v) is 20.1. The van der Waals surface area contributed by atoms with E-state index in [-0.39, 0.29) is 29.7 Å². The number of hydrogen-bond donors (Lipinski definition) is 1. The van der Waals surface area contributed by atoms with E-state index in [0.29, 0.717) is 60.1 Å². The van der Waals surface area contributed by atoms with Crippen molar-refractivity contribution in [1.82, 2.24) is 20.2 Å². The van der Waals surface area contributed by atoms with E-state index in [0.717, 1.165) is 12.1 Å². The maximum atomic E-state index is 13.4. The number of carbonyl (C=O) groups is 2.